The number of pyridine rings is 1. The average molecular weight is 410 g/mol. The highest BCUT2D eigenvalue weighted by Crippen LogP contribution is 2.44. The molecular formula is C23H24F2N4O. The van der Waals surface area contributed by atoms with Crippen LogP contribution in [-0.4, -0.2) is 14.5 Å². The van der Waals surface area contributed by atoms with Crippen LogP contribution in [0.4, 0.5) is 14.6 Å². The molecular weight excluding hydrogens is 386 g/mol. The molecule has 2 aromatic heterocycles. The first-order valence-corrected chi connectivity index (χ1v) is 10.1. The highest BCUT2D eigenvalue weighted by atomic mass is 19.3. The molecule has 0 spiro atoms. The molecule has 156 valence electrons. The van der Waals surface area contributed by atoms with E-state index in [4.69, 9.17) is 0 Å². The third-order valence-electron chi connectivity index (χ3n) is 5.71. The molecule has 0 aliphatic heterocycles. The molecule has 30 heavy (non-hydrogen) atoms. The minimum atomic E-state index is -2.78. The van der Waals surface area contributed by atoms with Gasteiger partial charge in [0.25, 0.3) is 11.5 Å². The molecule has 0 amide bonds. The van der Waals surface area contributed by atoms with Gasteiger partial charge in [0.2, 0.25) is 0 Å². The van der Waals surface area contributed by atoms with E-state index in [9.17, 15) is 13.6 Å². The third kappa shape index (κ3) is 3.38. The van der Waals surface area contributed by atoms with Gasteiger partial charge >= 0.3 is 0 Å². The molecule has 1 N–H and O–H groups in total. The number of benzene rings is 1. The van der Waals surface area contributed by atoms with Crippen molar-refractivity contribution in [2.24, 2.45) is 0 Å². The zero-order valence-corrected chi connectivity index (χ0v) is 17.3. The Balaban J connectivity index is 1.78. The molecule has 1 atom stereocenters. The van der Waals surface area contributed by atoms with Gasteiger partial charge in [-0.05, 0) is 37.8 Å². The summed E-state index contributed by atoms with van der Waals surface area (Å²) < 4.78 is 29.9. The fourth-order valence-electron chi connectivity index (χ4n) is 4.08. The molecule has 3 aromatic rings. The predicted molar refractivity (Wildman–Crippen MR) is 115 cm³/mol. The number of nitrogens with one attached hydrogen (secondary N) is 1. The van der Waals surface area contributed by atoms with Crippen molar-refractivity contribution in [1.29, 1.82) is 0 Å². The van der Waals surface area contributed by atoms with E-state index in [1.165, 1.54) is 16.7 Å². The van der Waals surface area contributed by atoms with Crippen LogP contribution in [0.2, 0.25) is 0 Å². The van der Waals surface area contributed by atoms with E-state index >= 15 is 0 Å². The number of nitrogens with zero attached hydrogens (tertiary/aromatic N) is 3. The molecule has 0 bridgehead atoms. The van der Waals surface area contributed by atoms with Crippen molar-refractivity contribution in [2.75, 3.05) is 5.32 Å². The second kappa shape index (κ2) is 7.31. The Labute approximate surface area is 173 Å². The lowest BCUT2D eigenvalue weighted by Gasteiger charge is -2.20. The maximum atomic E-state index is 14.2. The van der Waals surface area contributed by atoms with Gasteiger partial charge in [-0.25, -0.2) is 18.7 Å². The number of fused-ring (bicyclic) bond motifs is 2. The normalized spacial score (nSPS) is 15.8. The molecule has 7 heteroatoms. The van der Waals surface area contributed by atoms with E-state index in [0.717, 1.165) is 5.56 Å². The number of allylic oxidation sites excluding steroid dienone is 1. The standard InChI is InChI=1S/C23H24F2N4O/c1-5-13(2)29-12-18-20(11-21(29)30)27-15(4)28-22(18)26-14(3)16-7-6-8-19-17(16)9-10-23(19,24)25/h6-8,11-12,14H,2,5,9-10H2,1,3-4H3,(H,26,27,28)/t14-/m1/s1. The summed E-state index contributed by atoms with van der Waals surface area (Å²) in [6.07, 6.45) is 2.51. The highest BCUT2D eigenvalue weighted by molar-refractivity contribution is 5.89. The first-order chi connectivity index (χ1) is 14.2. The maximum Gasteiger partial charge on any atom is 0.273 e. The van der Waals surface area contributed by atoms with Crippen molar-refractivity contribution in [1.82, 2.24) is 14.5 Å². The molecule has 0 saturated heterocycles. The molecule has 1 aliphatic rings. The summed E-state index contributed by atoms with van der Waals surface area (Å²) >= 11 is 0. The Morgan fingerprint density at radius 1 is 1.37 bits per heavy atom. The van der Waals surface area contributed by atoms with E-state index in [1.54, 1.807) is 19.2 Å². The molecule has 4 rings (SSSR count). The molecule has 0 fully saturated rings. The predicted octanol–water partition coefficient (Wildman–Crippen LogP) is 5.19. The van der Waals surface area contributed by atoms with Gasteiger partial charge < -0.3 is 5.32 Å². The van der Waals surface area contributed by atoms with Crippen LogP contribution in [0.3, 0.4) is 0 Å². The molecule has 2 heterocycles. The Morgan fingerprint density at radius 3 is 2.87 bits per heavy atom. The summed E-state index contributed by atoms with van der Waals surface area (Å²) in [4.78, 5) is 21.4. The molecule has 0 radical (unpaired) electrons. The fourth-order valence-corrected chi connectivity index (χ4v) is 4.08. The van der Waals surface area contributed by atoms with Gasteiger partial charge in [0, 0.05) is 29.9 Å². The van der Waals surface area contributed by atoms with E-state index in [0.29, 0.717) is 46.6 Å². The van der Waals surface area contributed by atoms with E-state index in [1.807, 2.05) is 19.9 Å². The van der Waals surface area contributed by atoms with E-state index < -0.39 is 5.92 Å². The van der Waals surface area contributed by atoms with Gasteiger partial charge in [0.1, 0.15) is 11.6 Å². The van der Waals surface area contributed by atoms with Crippen LogP contribution < -0.4 is 10.9 Å². The summed E-state index contributed by atoms with van der Waals surface area (Å²) in [5.74, 6) is -1.70. The monoisotopic (exact) mass is 410 g/mol. The van der Waals surface area contributed by atoms with Gasteiger partial charge in [-0.3, -0.25) is 9.36 Å². The van der Waals surface area contributed by atoms with Crippen LogP contribution >= 0.6 is 0 Å². The fraction of sp³-hybridized carbons (Fsp3) is 0.348. The molecule has 1 aliphatic carbocycles. The number of aryl methyl sites for hydroxylation is 1. The lowest BCUT2D eigenvalue weighted by Crippen LogP contribution is -2.19. The number of aromatic nitrogens is 3. The van der Waals surface area contributed by atoms with Gasteiger partial charge in [-0.15, -0.1) is 0 Å². The molecule has 1 aromatic carbocycles. The molecule has 5 nitrogen and oxygen atoms in total. The van der Waals surface area contributed by atoms with Crippen LogP contribution in [0, 0.1) is 6.92 Å². The Kier molecular flexibility index (Phi) is 4.92. The van der Waals surface area contributed by atoms with Crippen LogP contribution in [0.15, 0.2) is 41.8 Å². The first kappa shape index (κ1) is 20.2. The smallest absolute Gasteiger partial charge is 0.273 e. The largest absolute Gasteiger partial charge is 0.363 e. The number of anilines is 1. The Hall–Kier alpha value is -3.09. The quantitative estimate of drug-likeness (QED) is 0.629. The summed E-state index contributed by atoms with van der Waals surface area (Å²) in [5, 5.41) is 4.04. The van der Waals surface area contributed by atoms with Crippen molar-refractivity contribution in [3.63, 3.8) is 0 Å². The zero-order chi connectivity index (χ0) is 21.6. The Morgan fingerprint density at radius 2 is 2.13 bits per heavy atom. The molecule has 0 unspecified atom stereocenters. The average Bonchev–Trinajstić information content (AvgIpc) is 3.01. The lowest BCUT2D eigenvalue weighted by atomic mass is 9.97. The second-order valence-electron chi connectivity index (χ2n) is 7.76. The van der Waals surface area contributed by atoms with Crippen LogP contribution in [0.1, 0.15) is 55.2 Å². The second-order valence-corrected chi connectivity index (χ2v) is 7.76. The summed E-state index contributed by atoms with van der Waals surface area (Å²) in [7, 11) is 0. The summed E-state index contributed by atoms with van der Waals surface area (Å²) in [6.45, 7) is 9.56. The zero-order valence-electron chi connectivity index (χ0n) is 17.3. The first-order valence-electron chi connectivity index (χ1n) is 10.1. The van der Waals surface area contributed by atoms with Crippen molar-refractivity contribution in [3.8, 4) is 0 Å². The Bertz CT molecular complexity index is 1220. The number of halogens is 2. The summed E-state index contributed by atoms with van der Waals surface area (Å²) in [5.41, 5.74) is 2.66. The van der Waals surface area contributed by atoms with Crippen molar-refractivity contribution in [2.45, 2.75) is 52.0 Å². The number of hydrogen-bond acceptors (Lipinski definition) is 4. The minimum Gasteiger partial charge on any atom is -0.363 e. The topological polar surface area (TPSA) is 59.8 Å². The van der Waals surface area contributed by atoms with Crippen LogP contribution in [0.5, 0.6) is 0 Å². The van der Waals surface area contributed by atoms with Crippen molar-refractivity contribution in [3.05, 3.63) is 69.9 Å². The van der Waals surface area contributed by atoms with Gasteiger partial charge in [-0.1, -0.05) is 31.7 Å². The van der Waals surface area contributed by atoms with E-state index in [2.05, 4.69) is 21.9 Å². The number of rotatable bonds is 5. The third-order valence-corrected chi connectivity index (χ3v) is 5.71. The van der Waals surface area contributed by atoms with Gasteiger partial charge in [0.05, 0.1) is 16.9 Å². The summed E-state index contributed by atoms with van der Waals surface area (Å²) in [6, 6.07) is 6.29. The van der Waals surface area contributed by atoms with Crippen molar-refractivity contribution < 1.29 is 8.78 Å². The van der Waals surface area contributed by atoms with Crippen LogP contribution in [-0.2, 0) is 12.3 Å². The van der Waals surface area contributed by atoms with Gasteiger partial charge in [0.15, 0.2) is 0 Å². The van der Waals surface area contributed by atoms with Gasteiger partial charge in [-0.2, -0.15) is 0 Å². The maximum absolute atomic E-state index is 14.2. The highest BCUT2D eigenvalue weighted by Gasteiger charge is 2.40. The molecule has 0 saturated carbocycles. The number of alkyl halides is 2. The van der Waals surface area contributed by atoms with E-state index in [-0.39, 0.29) is 23.6 Å². The van der Waals surface area contributed by atoms with Crippen LogP contribution in [0.25, 0.3) is 16.6 Å². The minimum absolute atomic E-state index is 0.116. The lowest BCUT2D eigenvalue weighted by molar-refractivity contribution is -0.00184. The van der Waals surface area contributed by atoms with Crippen molar-refractivity contribution >= 4 is 22.4 Å². The number of hydrogen-bond donors (Lipinski definition) is 1. The SMILES string of the molecule is C=C(CC)n1cc2c(N[C@H](C)c3cccc4c3CCC4(F)F)nc(C)nc2cc1=O.